The molecule has 1 saturated carbocycles. The highest BCUT2D eigenvalue weighted by Crippen LogP contribution is 2.23. The second kappa shape index (κ2) is 6.64. The summed E-state index contributed by atoms with van der Waals surface area (Å²) in [5.74, 6) is 0. The molecule has 3 nitrogen and oxygen atoms in total. The average Bonchev–Trinajstić information content (AvgIpc) is 2.76. The molecule has 0 atom stereocenters. The molecule has 0 bridgehead atoms. The Balaban J connectivity index is 1.78. The number of hydrogen-bond acceptors (Lipinski definition) is 4. The lowest BCUT2D eigenvalue weighted by Crippen LogP contribution is -2.40. The Bertz CT molecular complexity index is 356. The second-order valence-electron chi connectivity index (χ2n) is 5.34. The van der Waals surface area contributed by atoms with Crippen LogP contribution in [0.3, 0.4) is 0 Å². The van der Waals surface area contributed by atoms with Gasteiger partial charge in [0, 0.05) is 24.0 Å². The lowest BCUT2D eigenvalue weighted by Gasteiger charge is -2.34. The third-order valence-corrected chi connectivity index (χ3v) is 4.71. The van der Waals surface area contributed by atoms with Gasteiger partial charge in [0.05, 0.1) is 10.7 Å². The van der Waals surface area contributed by atoms with Gasteiger partial charge in [0.15, 0.2) is 0 Å². The zero-order valence-electron chi connectivity index (χ0n) is 11.8. The van der Waals surface area contributed by atoms with Crippen LogP contribution in [0.25, 0.3) is 0 Å². The summed E-state index contributed by atoms with van der Waals surface area (Å²) in [6, 6.07) is 1.49. The molecular weight excluding hydrogens is 242 g/mol. The molecule has 1 aromatic rings. The number of aromatic nitrogens is 1. The van der Waals surface area contributed by atoms with Gasteiger partial charge in [-0.3, -0.25) is 4.90 Å². The molecule has 0 saturated heterocycles. The summed E-state index contributed by atoms with van der Waals surface area (Å²) in [5.41, 5.74) is 1.23. The van der Waals surface area contributed by atoms with Crippen molar-refractivity contribution >= 4 is 11.3 Å². The number of rotatable bonds is 5. The molecule has 18 heavy (non-hydrogen) atoms. The normalized spacial score (nSPS) is 24.7. The zero-order chi connectivity index (χ0) is 13.0. The fraction of sp³-hybridized carbons (Fsp3) is 0.786. The molecule has 0 spiro atoms. The second-order valence-corrected chi connectivity index (χ2v) is 6.40. The molecule has 102 valence electrons. The molecule has 0 aliphatic heterocycles. The molecule has 1 heterocycles. The fourth-order valence-corrected chi connectivity index (χ4v) is 3.48. The highest BCUT2D eigenvalue weighted by atomic mass is 32.1. The van der Waals surface area contributed by atoms with Gasteiger partial charge in [0.25, 0.3) is 0 Å². The third kappa shape index (κ3) is 3.77. The predicted octanol–water partition coefficient (Wildman–Crippen LogP) is 2.80. The minimum atomic E-state index is 0.738. The molecule has 0 radical (unpaired) electrons. The monoisotopic (exact) mass is 267 g/mol. The molecule has 0 amide bonds. The summed E-state index contributed by atoms with van der Waals surface area (Å²) in [6.45, 7) is 6.38. The Morgan fingerprint density at radius 1 is 1.39 bits per heavy atom. The van der Waals surface area contributed by atoms with Crippen LogP contribution in [0.15, 0.2) is 5.38 Å². The van der Waals surface area contributed by atoms with Gasteiger partial charge in [0.2, 0.25) is 0 Å². The van der Waals surface area contributed by atoms with Gasteiger partial charge >= 0.3 is 0 Å². The maximum absolute atomic E-state index is 4.55. The number of nitrogens with one attached hydrogen (secondary N) is 1. The Labute approximate surface area is 115 Å². The number of aryl methyl sites for hydroxylation is 1. The fourth-order valence-electron chi connectivity index (χ4n) is 2.87. The summed E-state index contributed by atoms with van der Waals surface area (Å²) >= 11 is 1.75. The summed E-state index contributed by atoms with van der Waals surface area (Å²) in [7, 11) is 2.24. The summed E-state index contributed by atoms with van der Waals surface area (Å²) in [6.07, 6.45) is 5.27. The number of thiazole rings is 1. The number of nitrogens with zero attached hydrogens (tertiary/aromatic N) is 2. The number of hydrogen-bond donors (Lipinski definition) is 1. The lowest BCUT2D eigenvalue weighted by atomic mass is 9.90. The minimum absolute atomic E-state index is 0.738. The molecule has 1 aromatic heterocycles. The largest absolute Gasteiger partial charge is 0.314 e. The van der Waals surface area contributed by atoms with E-state index in [1.807, 2.05) is 0 Å². The molecular formula is C14H25N3S. The van der Waals surface area contributed by atoms with E-state index in [-0.39, 0.29) is 0 Å². The van der Waals surface area contributed by atoms with Crippen LogP contribution in [-0.2, 0) is 6.54 Å². The smallest absolute Gasteiger partial charge is 0.0897 e. The topological polar surface area (TPSA) is 28.2 Å². The predicted molar refractivity (Wildman–Crippen MR) is 78.0 cm³/mol. The van der Waals surface area contributed by atoms with Crippen LogP contribution in [0, 0.1) is 6.92 Å². The van der Waals surface area contributed by atoms with Gasteiger partial charge in [-0.15, -0.1) is 11.3 Å². The molecule has 1 aliphatic rings. The van der Waals surface area contributed by atoms with Gasteiger partial charge in [-0.1, -0.05) is 6.92 Å². The summed E-state index contributed by atoms with van der Waals surface area (Å²) in [4.78, 5) is 7.04. The van der Waals surface area contributed by atoms with Crippen LogP contribution in [0.4, 0.5) is 0 Å². The van der Waals surface area contributed by atoms with Crippen molar-refractivity contribution in [1.82, 2.24) is 15.2 Å². The van der Waals surface area contributed by atoms with Gasteiger partial charge in [0.1, 0.15) is 0 Å². The van der Waals surface area contributed by atoms with Crippen LogP contribution in [0.1, 0.15) is 43.3 Å². The van der Waals surface area contributed by atoms with E-state index in [9.17, 15) is 0 Å². The van der Waals surface area contributed by atoms with E-state index in [1.54, 1.807) is 11.3 Å². The van der Waals surface area contributed by atoms with Crippen molar-refractivity contribution in [2.75, 3.05) is 13.6 Å². The van der Waals surface area contributed by atoms with E-state index in [4.69, 9.17) is 0 Å². The van der Waals surface area contributed by atoms with Crippen molar-refractivity contribution in [3.8, 4) is 0 Å². The SMILES string of the molecule is CCNC1CCC(N(C)Cc2csc(C)n2)CC1. The third-order valence-electron chi connectivity index (χ3n) is 3.89. The van der Waals surface area contributed by atoms with E-state index in [2.05, 4.69) is 41.5 Å². The first kappa shape index (κ1) is 14.0. The van der Waals surface area contributed by atoms with Crippen molar-refractivity contribution in [2.24, 2.45) is 0 Å². The van der Waals surface area contributed by atoms with Crippen molar-refractivity contribution in [3.63, 3.8) is 0 Å². The van der Waals surface area contributed by atoms with Crippen LogP contribution in [0.5, 0.6) is 0 Å². The van der Waals surface area contributed by atoms with Gasteiger partial charge in [-0.25, -0.2) is 4.98 Å². The van der Waals surface area contributed by atoms with Crippen LogP contribution >= 0.6 is 11.3 Å². The standard InChI is InChI=1S/C14H25N3S/c1-4-15-12-5-7-14(8-6-12)17(3)9-13-10-18-11(2)16-13/h10,12,14-15H,4-9H2,1-3H3. The van der Waals surface area contributed by atoms with Crippen molar-refractivity contribution in [3.05, 3.63) is 16.1 Å². The molecule has 0 aromatic carbocycles. The lowest BCUT2D eigenvalue weighted by molar-refractivity contribution is 0.167. The minimum Gasteiger partial charge on any atom is -0.314 e. The van der Waals surface area contributed by atoms with Crippen LogP contribution in [-0.4, -0.2) is 35.6 Å². The van der Waals surface area contributed by atoms with Crippen molar-refractivity contribution < 1.29 is 0 Å². The summed E-state index contributed by atoms with van der Waals surface area (Å²) < 4.78 is 0. The Morgan fingerprint density at radius 2 is 2.11 bits per heavy atom. The Morgan fingerprint density at radius 3 is 2.67 bits per heavy atom. The first-order valence-electron chi connectivity index (χ1n) is 7.03. The Hall–Kier alpha value is -0.450. The van der Waals surface area contributed by atoms with E-state index < -0.39 is 0 Å². The molecule has 1 aliphatic carbocycles. The van der Waals surface area contributed by atoms with E-state index >= 15 is 0 Å². The summed E-state index contributed by atoms with van der Waals surface area (Å²) in [5, 5.41) is 6.93. The van der Waals surface area contributed by atoms with Crippen molar-refractivity contribution in [1.29, 1.82) is 0 Å². The maximum atomic E-state index is 4.55. The van der Waals surface area contributed by atoms with E-state index in [0.29, 0.717) is 0 Å². The molecule has 4 heteroatoms. The average molecular weight is 267 g/mol. The van der Waals surface area contributed by atoms with Gasteiger partial charge in [-0.05, 0) is 46.2 Å². The Kier molecular flexibility index (Phi) is 5.15. The highest BCUT2D eigenvalue weighted by Gasteiger charge is 2.23. The molecule has 1 N–H and O–H groups in total. The van der Waals surface area contributed by atoms with E-state index in [0.717, 1.165) is 25.2 Å². The molecule has 0 unspecified atom stereocenters. The molecule has 2 rings (SSSR count). The van der Waals surface area contributed by atoms with Crippen LogP contribution < -0.4 is 5.32 Å². The maximum Gasteiger partial charge on any atom is 0.0897 e. The molecule has 1 fully saturated rings. The van der Waals surface area contributed by atoms with E-state index in [1.165, 1.54) is 36.4 Å². The van der Waals surface area contributed by atoms with Crippen molar-refractivity contribution in [2.45, 2.75) is 58.2 Å². The highest BCUT2D eigenvalue weighted by molar-refractivity contribution is 7.09. The zero-order valence-corrected chi connectivity index (χ0v) is 12.6. The van der Waals surface area contributed by atoms with Gasteiger partial charge in [-0.2, -0.15) is 0 Å². The van der Waals surface area contributed by atoms with Gasteiger partial charge < -0.3 is 5.32 Å². The quantitative estimate of drug-likeness (QED) is 0.889. The first-order chi connectivity index (χ1) is 8.69. The van der Waals surface area contributed by atoms with Crippen LogP contribution in [0.2, 0.25) is 0 Å². The first-order valence-corrected chi connectivity index (χ1v) is 7.91.